The number of benzene rings is 3. The zero-order chi connectivity index (χ0) is 25.1. The van der Waals surface area contributed by atoms with E-state index in [1.807, 2.05) is 42.5 Å². The van der Waals surface area contributed by atoms with Crippen LogP contribution in [0.3, 0.4) is 0 Å². The average molecular weight is 491 g/mol. The number of phenolic OH excluding ortho intramolecular Hbond substituents is 2. The van der Waals surface area contributed by atoms with Crippen molar-refractivity contribution in [2.75, 3.05) is 32.2 Å². The number of phenols is 2. The molecular formula is C28H30N2O6. The van der Waals surface area contributed by atoms with E-state index in [0.29, 0.717) is 32.7 Å². The lowest BCUT2D eigenvalue weighted by molar-refractivity contribution is 0.0726. The molecule has 0 bridgehead atoms. The highest BCUT2D eigenvalue weighted by Crippen LogP contribution is 2.36. The van der Waals surface area contributed by atoms with E-state index in [1.165, 1.54) is 17.7 Å². The van der Waals surface area contributed by atoms with Gasteiger partial charge in [-0.3, -0.25) is 4.79 Å². The molecule has 5 rings (SSSR count). The van der Waals surface area contributed by atoms with Gasteiger partial charge >= 0.3 is 0 Å². The Morgan fingerprint density at radius 3 is 2.75 bits per heavy atom. The van der Waals surface area contributed by atoms with Crippen LogP contribution in [0.5, 0.6) is 17.2 Å². The van der Waals surface area contributed by atoms with Crippen LogP contribution >= 0.6 is 0 Å². The first-order chi connectivity index (χ1) is 17.5. The van der Waals surface area contributed by atoms with Gasteiger partial charge in [-0.25, -0.2) is 0 Å². The maximum Gasteiger partial charge on any atom is 0.261 e. The summed E-state index contributed by atoms with van der Waals surface area (Å²) < 4.78 is 17.0. The van der Waals surface area contributed by atoms with Crippen molar-refractivity contribution in [3.05, 3.63) is 82.9 Å². The van der Waals surface area contributed by atoms with E-state index < -0.39 is 0 Å². The average Bonchev–Trinajstić information content (AvgIpc) is 3.34. The fourth-order valence-electron chi connectivity index (χ4n) is 4.80. The number of anilines is 1. The number of carbonyl (C=O) groups is 1. The molecule has 0 aromatic heterocycles. The van der Waals surface area contributed by atoms with Gasteiger partial charge in [-0.2, -0.15) is 0 Å². The molecule has 2 heterocycles. The van der Waals surface area contributed by atoms with E-state index in [4.69, 9.17) is 14.2 Å². The van der Waals surface area contributed by atoms with Gasteiger partial charge in [0.1, 0.15) is 35.5 Å². The lowest BCUT2D eigenvalue weighted by atomic mass is 9.96. The quantitative estimate of drug-likeness (QED) is 0.464. The molecule has 0 spiro atoms. The number of methoxy groups -OCH3 is 1. The molecule has 3 aromatic rings. The predicted octanol–water partition coefficient (Wildman–Crippen LogP) is 3.70. The molecule has 2 aliphatic rings. The fraction of sp³-hybridized carbons (Fsp3) is 0.321. The summed E-state index contributed by atoms with van der Waals surface area (Å²) in [5, 5.41) is 24.2. The third kappa shape index (κ3) is 4.96. The molecule has 36 heavy (non-hydrogen) atoms. The van der Waals surface area contributed by atoms with Gasteiger partial charge in [-0.05, 0) is 29.2 Å². The third-order valence-electron chi connectivity index (χ3n) is 6.75. The second-order valence-corrected chi connectivity index (χ2v) is 9.09. The monoisotopic (exact) mass is 490 g/mol. The van der Waals surface area contributed by atoms with Gasteiger partial charge in [-0.1, -0.05) is 42.5 Å². The second kappa shape index (κ2) is 10.5. The number of nitrogens with zero attached hydrogens (tertiary/aromatic N) is 1. The number of aromatic hydroxyl groups is 2. The summed E-state index contributed by atoms with van der Waals surface area (Å²) in [5.74, 6) is -0.694. The first-order valence-electron chi connectivity index (χ1n) is 12.0. The maximum atomic E-state index is 13.7. The van der Waals surface area contributed by atoms with Crippen molar-refractivity contribution in [3.63, 3.8) is 0 Å². The number of hydrogen-bond donors (Lipinski definition) is 3. The fourth-order valence-corrected chi connectivity index (χ4v) is 4.80. The molecule has 3 N–H and O–H groups in total. The standard InChI is InChI=1S/C28H30N2O6/c1-34-26-17-35-16-23(26)29-22-9-5-8-19-10-11-30(14-21(19)22)28(33)27-24(32)12-20(31)13-25(27)36-15-18-6-3-2-4-7-18/h2-9,12-13,23,26,29,31-32H,10-11,14-17H2,1H3. The summed E-state index contributed by atoms with van der Waals surface area (Å²) in [7, 11) is 1.68. The van der Waals surface area contributed by atoms with Crippen LogP contribution in [0.4, 0.5) is 5.69 Å². The van der Waals surface area contributed by atoms with Crippen molar-refractivity contribution in [3.8, 4) is 17.2 Å². The van der Waals surface area contributed by atoms with E-state index >= 15 is 0 Å². The Balaban J connectivity index is 1.38. The number of carbonyl (C=O) groups excluding carboxylic acids is 1. The van der Waals surface area contributed by atoms with E-state index in [2.05, 4.69) is 11.4 Å². The number of nitrogens with one attached hydrogen (secondary N) is 1. The first kappa shape index (κ1) is 24.0. The number of fused-ring (bicyclic) bond motifs is 1. The van der Waals surface area contributed by atoms with Crippen molar-refractivity contribution in [2.45, 2.75) is 31.7 Å². The lowest BCUT2D eigenvalue weighted by Crippen LogP contribution is -2.38. The molecule has 8 heteroatoms. The van der Waals surface area contributed by atoms with Gasteiger partial charge in [0.05, 0.1) is 19.3 Å². The first-order valence-corrected chi connectivity index (χ1v) is 12.0. The molecule has 0 saturated carbocycles. The second-order valence-electron chi connectivity index (χ2n) is 9.09. The van der Waals surface area contributed by atoms with Crippen molar-refractivity contribution in [1.29, 1.82) is 0 Å². The summed E-state index contributed by atoms with van der Waals surface area (Å²) in [6.45, 7) is 2.17. The normalized spacial score (nSPS) is 19.1. The van der Waals surface area contributed by atoms with Crippen molar-refractivity contribution >= 4 is 11.6 Å². The number of amides is 1. The Morgan fingerprint density at radius 2 is 1.94 bits per heavy atom. The molecule has 1 amide bonds. The Labute approximate surface area is 210 Å². The minimum atomic E-state index is -0.352. The van der Waals surface area contributed by atoms with Crippen molar-refractivity contribution < 1.29 is 29.2 Å². The van der Waals surface area contributed by atoms with Crippen LogP contribution < -0.4 is 10.1 Å². The summed E-state index contributed by atoms with van der Waals surface area (Å²) in [6, 6.07) is 18.2. The van der Waals surface area contributed by atoms with Crippen LogP contribution in [0, 0.1) is 0 Å². The van der Waals surface area contributed by atoms with Crippen LogP contribution in [-0.2, 0) is 29.0 Å². The molecular weight excluding hydrogens is 460 g/mol. The van der Waals surface area contributed by atoms with E-state index in [1.54, 1.807) is 12.0 Å². The third-order valence-corrected chi connectivity index (χ3v) is 6.75. The zero-order valence-corrected chi connectivity index (χ0v) is 20.1. The van der Waals surface area contributed by atoms with Gasteiger partial charge in [-0.15, -0.1) is 0 Å². The van der Waals surface area contributed by atoms with Gasteiger partial charge in [0.15, 0.2) is 0 Å². The van der Waals surface area contributed by atoms with Crippen LogP contribution in [0.1, 0.15) is 27.0 Å². The highest BCUT2D eigenvalue weighted by Gasteiger charge is 2.31. The largest absolute Gasteiger partial charge is 0.508 e. The molecule has 1 saturated heterocycles. The molecule has 2 aliphatic heterocycles. The minimum Gasteiger partial charge on any atom is -0.508 e. The van der Waals surface area contributed by atoms with Gasteiger partial charge < -0.3 is 34.6 Å². The minimum absolute atomic E-state index is 0.0201. The smallest absolute Gasteiger partial charge is 0.261 e. The SMILES string of the molecule is COC1COCC1Nc1cccc2c1CN(C(=O)c1c(O)cc(O)cc1OCc1ccccc1)CC2. The maximum absolute atomic E-state index is 13.7. The molecule has 188 valence electrons. The van der Waals surface area contributed by atoms with Crippen molar-refractivity contribution in [1.82, 2.24) is 4.90 Å². The molecule has 3 aromatic carbocycles. The number of ether oxygens (including phenoxy) is 3. The van der Waals surface area contributed by atoms with Gasteiger partial charge in [0.2, 0.25) is 0 Å². The van der Waals surface area contributed by atoms with Crippen LogP contribution in [0.25, 0.3) is 0 Å². The highest BCUT2D eigenvalue weighted by molar-refractivity contribution is 6.00. The lowest BCUT2D eigenvalue weighted by Gasteiger charge is -2.32. The molecule has 0 radical (unpaired) electrons. The molecule has 2 atom stereocenters. The summed E-state index contributed by atoms with van der Waals surface area (Å²) in [6.07, 6.45) is 0.644. The van der Waals surface area contributed by atoms with E-state index in [0.717, 1.165) is 16.8 Å². The molecule has 0 aliphatic carbocycles. The molecule has 1 fully saturated rings. The number of hydrogen-bond acceptors (Lipinski definition) is 7. The topological polar surface area (TPSA) is 100 Å². The van der Waals surface area contributed by atoms with Crippen LogP contribution in [0.2, 0.25) is 0 Å². The Bertz CT molecular complexity index is 1230. The van der Waals surface area contributed by atoms with E-state index in [-0.39, 0.29) is 47.5 Å². The Morgan fingerprint density at radius 1 is 1.11 bits per heavy atom. The van der Waals surface area contributed by atoms with Crippen LogP contribution in [0.15, 0.2) is 60.7 Å². The predicted molar refractivity (Wildman–Crippen MR) is 134 cm³/mol. The molecule has 2 unspecified atom stereocenters. The van der Waals surface area contributed by atoms with Gasteiger partial charge in [0.25, 0.3) is 5.91 Å². The highest BCUT2D eigenvalue weighted by atomic mass is 16.5. The summed E-state index contributed by atoms with van der Waals surface area (Å²) in [4.78, 5) is 15.4. The van der Waals surface area contributed by atoms with Gasteiger partial charge in [0, 0.05) is 38.0 Å². The van der Waals surface area contributed by atoms with E-state index in [9.17, 15) is 15.0 Å². The molecule has 8 nitrogen and oxygen atoms in total. The number of rotatable bonds is 7. The summed E-state index contributed by atoms with van der Waals surface area (Å²) in [5.41, 5.74) is 4.10. The Kier molecular flexibility index (Phi) is 6.97. The Hall–Kier alpha value is -3.75. The van der Waals surface area contributed by atoms with Crippen LogP contribution in [-0.4, -0.2) is 60.0 Å². The van der Waals surface area contributed by atoms with Crippen molar-refractivity contribution in [2.24, 2.45) is 0 Å². The summed E-state index contributed by atoms with van der Waals surface area (Å²) >= 11 is 0. The zero-order valence-electron chi connectivity index (χ0n) is 20.1.